The fourth-order valence-corrected chi connectivity index (χ4v) is 0.778. The van der Waals surface area contributed by atoms with Gasteiger partial charge in [-0.1, -0.05) is 25.7 Å². The van der Waals surface area contributed by atoms with Crippen LogP contribution in [0.5, 0.6) is 0 Å². The Labute approximate surface area is 88.6 Å². The van der Waals surface area contributed by atoms with Crippen LogP contribution in [-0.4, -0.2) is 25.2 Å². The molecule has 0 radical (unpaired) electrons. The van der Waals surface area contributed by atoms with Crippen molar-refractivity contribution in [1.29, 1.82) is 0 Å². The number of likely N-dealkylation sites (N-methyl/N-ethyl adjacent to an activating group) is 1. The van der Waals surface area contributed by atoms with Crippen LogP contribution in [0.1, 0.15) is 13.3 Å². The predicted molar refractivity (Wildman–Crippen MR) is 56.4 cm³/mol. The maximum absolute atomic E-state index is 12.5. The molecular formula is C11H16F3N. The fourth-order valence-electron chi connectivity index (χ4n) is 0.778. The molecule has 0 fully saturated rings. The molecule has 0 spiro atoms. The van der Waals surface area contributed by atoms with Gasteiger partial charge in [0.2, 0.25) is 0 Å². The Morgan fingerprint density at radius 1 is 1.33 bits per heavy atom. The van der Waals surface area contributed by atoms with E-state index in [0.717, 1.165) is 12.2 Å². The summed E-state index contributed by atoms with van der Waals surface area (Å²) in [6, 6.07) is 0. The van der Waals surface area contributed by atoms with Gasteiger partial charge in [0.15, 0.2) is 0 Å². The Morgan fingerprint density at radius 2 is 1.87 bits per heavy atom. The molecule has 0 heterocycles. The Hall–Kier alpha value is -1.19. The van der Waals surface area contributed by atoms with Crippen LogP contribution in [0, 0.1) is 0 Å². The first-order chi connectivity index (χ1) is 6.79. The van der Waals surface area contributed by atoms with Crippen molar-refractivity contribution in [2.24, 2.45) is 0 Å². The van der Waals surface area contributed by atoms with Crippen molar-refractivity contribution in [1.82, 2.24) is 4.90 Å². The van der Waals surface area contributed by atoms with E-state index in [9.17, 15) is 13.2 Å². The largest absolute Gasteiger partial charge is 0.416 e. The molecule has 0 amide bonds. The molecule has 0 aliphatic carbocycles. The van der Waals surface area contributed by atoms with Crippen LogP contribution in [0.2, 0.25) is 0 Å². The van der Waals surface area contributed by atoms with Crippen molar-refractivity contribution in [3.05, 3.63) is 36.1 Å². The van der Waals surface area contributed by atoms with Crippen LogP contribution < -0.4 is 0 Å². The molecule has 86 valence electrons. The molecule has 0 rings (SSSR count). The molecule has 0 saturated carbocycles. The smallest absolute Gasteiger partial charge is 0.378 e. The maximum Gasteiger partial charge on any atom is 0.416 e. The molecule has 0 aromatic rings. The minimum atomic E-state index is -4.33. The second-order valence-electron chi connectivity index (χ2n) is 3.29. The number of alkyl halides is 3. The first-order valence-electron chi connectivity index (χ1n) is 4.60. The fraction of sp³-hybridized carbons (Fsp3) is 0.455. The molecule has 0 N–H and O–H groups in total. The highest BCUT2D eigenvalue weighted by atomic mass is 19.4. The lowest BCUT2D eigenvalue weighted by Crippen LogP contribution is -2.14. The second-order valence-corrected chi connectivity index (χ2v) is 3.29. The normalized spacial score (nSPS) is 13.3. The van der Waals surface area contributed by atoms with Crippen molar-refractivity contribution < 1.29 is 13.2 Å². The van der Waals surface area contributed by atoms with Crippen LogP contribution >= 0.6 is 0 Å². The molecule has 0 aliphatic heterocycles. The Morgan fingerprint density at radius 3 is 2.20 bits per heavy atom. The van der Waals surface area contributed by atoms with Crippen LogP contribution in [0.4, 0.5) is 13.2 Å². The third kappa shape index (κ3) is 5.30. The summed E-state index contributed by atoms with van der Waals surface area (Å²) in [5, 5.41) is 0. The van der Waals surface area contributed by atoms with Gasteiger partial charge in [-0.25, -0.2) is 0 Å². The Balaban J connectivity index is 4.95. The third-order valence-corrected chi connectivity index (χ3v) is 1.76. The number of nitrogens with zero attached hydrogens (tertiary/aromatic N) is 1. The van der Waals surface area contributed by atoms with E-state index in [4.69, 9.17) is 0 Å². The van der Waals surface area contributed by atoms with Gasteiger partial charge in [-0.05, 0) is 12.5 Å². The highest BCUT2D eigenvalue weighted by molar-refractivity contribution is 5.31. The molecule has 1 nitrogen and oxygen atoms in total. The third-order valence-electron chi connectivity index (χ3n) is 1.76. The van der Waals surface area contributed by atoms with E-state index in [1.165, 1.54) is 11.0 Å². The summed E-state index contributed by atoms with van der Waals surface area (Å²) in [4.78, 5) is 1.53. The van der Waals surface area contributed by atoms with E-state index in [1.54, 1.807) is 21.0 Å². The van der Waals surface area contributed by atoms with E-state index in [2.05, 4.69) is 6.58 Å². The molecular weight excluding hydrogens is 203 g/mol. The van der Waals surface area contributed by atoms with Gasteiger partial charge < -0.3 is 4.90 Å². The summed E-state index contributed by atoms with van der Waals surface area (Å²) >= 11 is 0. The standard InChI is InChI=1S/C11H16F3N/c1-5-6-7-10(11(12,13)14)8-9(2)15(3)4/h6-8H,2,5H2,1,3-4H3/b7-6-,10-8+. The van der Waals surface area contributed by atoms with E-state index < -0.39 is 11.7 Å². The van der Waals surface area contributed by atoms with Crippen LogP contribution in [-0.2, 0) is 0 Å². The lowest BCUT2D eigenvalue weighted by Gasteiger charge is -2.14. The molecule has 0 aromatic heterocycles. The van der Waals surface area contributed by atoms with Gasteiger partial charge in [-0.3, -0.25) is 0 Å². The lowest BCUT2D eigenvalue weighted by atomic mass is 10.2. The van der Waals surface area contributed by atoms with Gasteiger partial charge >= 0.3 is 6.18 Å². The quantitative estimate of drug-likeness (QED) is 0.654. The van der Waals surface area contributed by atoms with Gasteiger partial charge in [-0.15, -0.1) is 0 Å². The van der Waals surface area contributed by atoms with Gasteiger partial charge in [0, 0.05) is 19.8 Å². The summed E-state index contributed by atoms with van der Waals surface area (Å²) < 4.78 is 37.5. The average Bonchev–Trinajstić information content (AvgIpc) is 2.09. The minimum Gasteiger partial charge on any atom is -0.378 e. The van der Waals surface area contributed by atoms with Crippen LogP contribution in [0.25, 0.3) is 0 Å². The SMILES string of the molecule is C=C(/C=C(\C=C/CC)C(F)(F)F)N(C)C. The second kappa shape index (κ2) is 5.63. The van der Waals surface area contributed by atoms with E-state index in [0.29, 0.717) is 12.1 Å². The van der Waals surface area contributed by atoms with Crippen molar-refractivity contribution in [3.63, 3.8) is 0 Å². The van der Waals surface area contributed by atoms with Crippen LogP contribution in [0.3, 0.4) is 0 Å². The van der Waals surface area contributed by atoms with Gasteiger partial charge in [0.25, 0.3) is 0 Å². The zero-order valence-electron chi connectivity index (χ0n) is 9.23. The van der Waals surface area contributed by atoms with Crippen LogP contribution in [0.15, 0.2) is 36.1 Å². The molecule has 0 unspecified atom stereocenters. The van der Waals surface area contributed by atoms with Gasteiger partial charge in [-0.2, -0.15) is 13.2 Å². The molecule has 0 bridgehead atoms. The highest BCUT2D eigenvalue weighted by Crippen LogP contribution is 2.27. The van der Waals surface area contributed by atoms with Gasteiger partial charge in [0.1, 0.15) is 0 Å². The monoisotopic (exact) mass is 219 g/mol. The summed E-state index contributed by atoms with van der Waals surface area (Å²) in [5.74, 6) is 0. The molecule has 0 atom stereocenters. The molecule has 0 saturated heterocycles. The summed E-state index contributed by atoms with van der Waals surface area (Å²) in [7, 11) is 3.30. The van der Waals surface area contributed by atoms with Crippen molar-refractivity contribution in [2.75, 3.05) is 14.1 Å². The zero-order valence-corrected chi connectivity index (χ0v) is 9.23. The number of allylic oxidation sites excluding steroid dienone is 4. The summed E-state index contributed by atoms with van der Waals surface area (Å²) in [6.45, 7) is 5.31. The Kier molecular flexibility index (Phi) is 5.19. The number of hydrogen-bond acceptors (Lipinski definition) is 1. The number of hydrogen-bond donors (Lipinski definition) is 0. The van der Waals surface area contributed by atoms with E-state index in [-0.39, 0.29) is 0 Å². The highest BCUT2D eigenvalue weighted by Gasteiger charge is 2.31. The van der Waals surface area contributed by atoms with Crippen molar-refractivity contribution in [2.45, 2.75) is 19.5 Å². The average molecular weight is 219 g/mol. The predicted octanol–water partition coefficient (Wildman–Crippen LogP) is 3.52. The van der Waals surface area contributed by atoms with Crippen molar-refractivity contribution in [3.8, 4) is 0 Å². The van der Waals surface area contributed by atoms with E-state index in [1.807, 2.05) is 0 Å². The molecule has 4 heteroatoms. The van der Waals surface area contributed by atoms with E-state index >= 15 is 0 Å². The first kappa shape index (κ1) is 13.8. The minimum absolute atomic E-state index is 0.322. The topological polar surface area (TPSA) is 3.24 Å². The Bertz CT molecular complexity index is 272. The summed E-state index contributed by atoms with van der Waals surface area (Å²) in [6.07, 6.45) is -0.171. The number of rotatable bonds is 4. The zero-order chi connectivity index (χ0) is 12.1. The maximum atomic E-state index is 12.5. The first-order valence-corrected chi connectivity index (χ1v) is 4.60. The van der Waals surface area contributed by atoms with Gasteiger partial charge in [0.05, 0.1) is 5.57 Å². The molecule has 0 aliphatic rings. The molecule has 15 heavy (non-hydrogen) atoms. The molecule has 0 aromatic carbocycles. The summed E-state index contributed by atoms with van der Waals surface area (Å²) in [5.41, 5.74) is -0.355. The van der Waals surface area contributed by atoms with Crippen molar-refractivity contribution >= 4 is 0 Å². The lowest BCUT2D eigenvalue weighted by molar-refractivity contribution is -0.0883. The number of halogens is 3.